The van der Waals surface area contributed by atoms with Gasteiger partial charge in [0, 0.05) is 11.4 Å². The molecule has 3 rings (SSSR count). The summed E-state index contributed by atoms with van der Waals surface area (Å²) in [5, 5.41) is 9.85. The fourth-order valence-corrected chi connectivity index (χ4v) is 3.89. The Morgan fingerprint density at radius 3 is 3.29 bits per heavy atom. The molecule has 1 saturated heterocycles. The van der Waals surface area contributed by atoms with Gasteiger partial charge in [-0.25, -0.2) is 4.98 Å². The summed E-state index contributed by atoms with van der Waals surface area (Å²) < 4.78 is 10.5. The van der Waals surface area contributed by atoms with E-state index >= 15 is 0 Å². The van der Waals surface area contributed by atoms with Crippen LogP contribution in [0.2, 0.25) is 0 Å². The van der Waals surface area contributed by atoms with Crippen molar-refractivity contribution in [3.05, 3.63) is 10.6 Å². The normalized spacial score (nSPS) is 24.5. The maximum absolute atomic E-state index is 12.0. The van der Waals surface area contributed by atoms with Crippen LogP contribution in [-0.2, 0) is 20.7 Å². The van der Waals surface area contributed by atoms with Crippen molar-refractivity contribution in [2.24, 2.45) is 0 Å². The van der Waals surface area contributed by atoms with E-state index in [1.54, 1.807) is 11.3 Å². The fraction of sp³-hybridized carbons (Fsp3) is 0.643. The number of esters is 1. The van der Waals surface area contributed by atoms with Gasteiger partial charge in [0.2, 0.25) is 0 Å². The molecule has 2 aliphatic rings. The van der Waals surface area contributed by atoms with Gasteiger partial charge in [0.25, 0.3) is 0 Å². The number of hydrogen-bond acceptors (Lipinski definition) is 7. The molecule has 2 unspecified atom stereocenters. The van der Waals surface area contributed by atoms with Crippen molar-refractivity contribution < 1.29 is 14.3 Å². The summed E-state index contributed by atoms with van der Waals surface area (Å²) in [6, 6.07) is 2.14. The fourth-order valence-electron chi connectivity index (χ4n) is 2.72. The van der Waals surface area contributed by atoms with Gasteiger partial charge in [-0.1, -0.05) is 0 Å². The number of aromatic nitrogens is 1. The number of thiazole rings is 1. The molecular formula is C14H17N3O3S. The van der Waals surface area contributed by atoms with Crippen molar-refractivity contribution in [1.82, 2.24) is 4.98 Å². The average molecular weight is 307 g/mol. The van der Waals surface area contributed by atoms with Crippen LogP contribution in [-0.4, -0.2) is 43.4 Å². The van der Waals surface area contributed by atoms with E-state index in [0.29, 0.717) is 19.8 Å². The van der Waals surface area contributed by atoms with Gasteiger partial charge in [-0.15, -0.1) is 11.3 Å². The highest BCUT2D eigenvalue weighted by molar-refractivity contribution is 7.15. The highest BCUT2D eigenvalue weighted by Gasteiger charge is 2.35. The summed E-state index contributed by atoms with van der Waals surface area (Å²) >= 11 is 1.62. The summed E-state index contributed by atoms with van der Waals surface area (Å²) in [5.74, 6) is -0.400. The number of carbonyl (C=O) groups excluding carboxylic acids is 1. The van der Waals surface area contributed by atoms with Gasteiger partial charge in [-0.2, -0.15) is 5.26 Å². The SMILES string of the molecule is CCOC(=O)C1CCc2sc(N3CCOC(C#N)C3)nc21. The second-order valence-electron chi connectivity index (χ2n) is 5.08. The van der Waals surface area contributed by atoms with Crippen molar-refractivity contribution >= 4 is 22.4 Å². The second kappa shape index (κ2) is 6.00. The van der Waals surface area contributed by atoms with E-state index in [1.165, 1.54) is 4.88 Å². The van der Waals surface area contributed by atoms with Crippen LogP contribution in [0.5, 0.6) is 0 Å². The van der Waals surface area contributed by atoms with Crippen LogP contribution in [0.3, 0.4) is 0 Å². The molecule has 1 aromatic heterocycles. The number of carbonyl (C=O) groups is 1. The van der Waals surface area contributed by atoms with Crippen LogP contribution in [0, 0.1) is 11.3 Å². The van der Waals surface area contributed by atoms with Crippen molar-refractivity contribution in [3.8, 4) is 6.07 Å². The van der Waals surface area contributed by atoms with Crippen molar-refractivity contribution in [2.45, 2.75) is 31.8 Å². The van der Waals surface area contributed by atoms with Crippen molar-refractivity contribution in [2.75, 3.05) is 31.2 Å². The maximum Gasteiger partial charge on any atom is 0.315 e. The first-order valence-corrected chi connectivity index (χ1v) is 7.97. The van der Waals surface area contributed by atoms with Crippen molar-refractivity contribution in [3.63, 3.8) is 0 Å². The molecule has 2 heterocycles. The van der Waals surface area contributed by atoms with Crippen LogP contribution in [0.4, 0.5) is 5.13 Å². The van der Waals surface area contributed by atoms with Crippen LogP contribution in [0.15, 0.2) is 0 Å². The number of anilines is 1. The van der Waals surface area contributed by atoms with Gasteiger partial charge in [0.05, 0.1) is 31.5 Å². The number of rotatable bonds is 3. The van der Waals surface area contributed by atoms with Gasteiger partial charge in [0.15, 0.2) is 11.2 Å². The van der Waals surface area contributed by atoms with Gasteiger partial charge < -0.3 is 14.4 Å². The Morgan fingerprint density at radius 2 is 2.52 bits per heavy atom. The number of hydrogen-bond donors (Lipinski definition) is 0. The van der Waals surface area contributed by atoms with E-state index in [1.807, 2.05) is 6.92 Å². The second-order valence-corrected chi connectivity index (χ2v) is 6.14. The molecule has 0 N–H and O–H groups in total. The Kier molecular flexibility index (Phi) is 4.08. The topological polar surface area (TPSA) is 75.4 Å². The van der Waals surface area contributed by atoms with E-state index in [4.69, 9.17) is 14.7 Å². The molecule has 7 heteroatoms. The lowest BCUT2D eigenvalue weighted by atomic mass is 10.1. The first-order valence-electron chi connectivity index (χ1n) is 7.15. The molecule has 1 aromatic rings. The molecule has 0 amide bonds. The lowest BCUT2D eigenvalue weighted by Gasteiger charge is -2.29. The summed E-state index contributed by atoms with van der Waals surface area (Å²) in [5.41, 5.74) is 0.869. The molecule has 21 heavy (non-hydrogen) atoms. The molecule has 1 aliphatic carbocycles. The number of aryl methyl sites for hydroxylation is 1. The number of nitrogens with zero attached hydrogens (tertiary/aromatic N) is 3. The molecule has 0 spiro atoms. The lowest BCUT2D eigenvalue weighted by molar-refractivity contribution is -0.145. The van der Waals surface area contributed by atoms with E-state index in [0.717, 1.165) is 30.2 Å². The number of nitriles is 1. The highest BCUT2D eigenvalue weighted by Crippen LogP contribution is 2.40. The Bertz CT molecular complexity index is 581. The zero-order valence-corrected chi connectivity index (χ0v) is 12.7. The Hall–Kier alpha value is -1.65. The maximum atomic E-state index is 12.0. The van der Waals surface area contributed by atoms with Gasteiger partial charge in [0.1, 0.15) is 5.92 Å². The zero-order valence-electron chi connectivity index (χ0n) is 11.9. The molecule has 0 saturated carbocycles. The van der Waals surface area contributed by atoms with E-state index in [9.17, 15) is 4.79 Å². The third-order valence-electron chi connectivity index (χ3n) is 3.76. The minimum absolute atomic E-state index is 0.176. The predicted molar refractivity (Wildman–Crippen MR) is 77.4 cm³/mol. The molecule has 2 atom stereocenters. The Balaban J connectivity index is 1.77. The molecule has 0 bridgehead atoms. The summed E-state index contributed by atoms with van der Waals surface area (Å²) in [4.78, 5) is 19.8. The molecule has 0 aromatic carbocycles. The van der Waals surface area contributed by atoms with E-state index in [2.05, 4.69) is 16.0 Å². The third-order valence-corrected chi connectivity index (χ3v) is 4.95. The Labute approximate surface area is 127 Å². The van der Waals surface area contributed by atoms with E-state index in [-0.39, 0.29) is 11.9 Å². The lowest BCUT2D eigenvalue weighted by Crippen LogP contribution is -2.41. The zero-order chi connectivity index (χ0) is 14.8. The van der Waals surface area contributed by atoms with Gasteiger partial charge in [-0.3, -0.25) is 4.79 Å². The van der Waals surface area contributed by atoms with Crippen LogP contribution >= 0.6 is 11.3 Å². The highest BCUT2D eigenvalue weighted by atomic mass is 32.1. The molecule has 6 nitrogen and oxygen atoms in total. The number of ether oxygens (including phenoxy) is 2. The van der Waals surface area contributed by atoms with E-state index < -0.39 is 6.10 Å². The van der Waals surface area contributed by atoms with Gasteiger partial charge in [-0.05, 0) is 19.8 Å². The molecule has 112 valence electrons. The van der Waals surface area contributed by atoms with Crippen molar-refractivity contribution in [1.29, 1.82) is 5.26 Å². The van der Waals surface area contributed by atoms with Gasteiger partial charge >= 0.3 is 5.97 Å². The Morgan fingerprint density at radius 1 is 1.67 bits per heavy atom. The number of fused-ring (bicyclic) bond motifs is 1. The molecule has 0 radical (unpaired) electrons. The van der Waals surface area contributed by atoms with Crippen LogP contribution in [0.25, 0.3) is 0 Å². The first-order chi connectivity index (χ1) is 10.2. The number of morpholine rings is 1. The minimum Gasteiger partial charge on any atom is -0.465 e. The minimum atomic E-state index is -0.404. The molecule has 1 aliphatic heterocycles. The quantitative estimate of drug-likeness (QED) is 0.787. The predicted octanol–water partition coefficient (Wildman–Crippen LogP) is 1.46. The summed E-state index contributed by atoms with van der Waals surface area (Å²) in [6.07, 6.45) is 1.26. The largest absolute Gasteiger partial charge is 0.465 e. The smallest absolute Gasteiger partial charge is 0.315 e. The average Bonchev–Trinajstić information content (AvgIpc) is 3.07. The standard InChI is InChI=1S/C14H17N3O3S/c1-2-19-13(18)10-3-4-11-12(10)16-14(21-11)17-5-6-20-9(7-15)8-17/h9-10H,2-6,8H2,1H3. The summed E-state index contributed by atoms with van der Waals surface area (Å²) in [7, 11) is 0. The first kappa shape index (κ1) is 14.3. The molecule has 1 fully saturated rings. The summed E-state index contributed by atoms with van der Waals surface area (Å²) in [6.45, 7) is 4.01. The molecular weight excluding hydrogens is 290 g/mol. The van der Waals surface area contributed by atoms with Crippen LogP contribution in [0.1, 0.15) is 29.8 Å². The third kappa shape index (κ3) is 2.74. The monoisotopic (exact) mass is 307 g/mol. The van der Waals surface area contributed by atoms with Crippen LogP contribution < -0.4 is 4.90 Å².